The molecule has 1 fully saturated rings. The Balaban J connectivity index is 2.02. The zero-order valence-electron chi connectivity index (χ0n) is 12.3. The van der Waals surface area contributed by atoms with Gasteiger partial charge in [0, 0.05) is 51.2 Å². The van der Waals surface area contributed by atoms with Crippen molar-refractivity contribution in [3.05, 3.63) is 30.1 Å². The molecule has 0 aliphatic carbocycles. The fourth-order valence-corrected chi connectivity index (χ4v) is 3.10. The minimum absolute atomic E-state index is 0.456. The highest BCUT2D eigenvalue weighted by molar-refractivity contribution is 5.16. The van der Waals surface area contributed by atoms with Crippen molar-refractivity contribution in [2.75, 3.05) is 46.8 Å². The Morgan fingerprint density at radius 3 is 2.47 bits per heavy atom. The van der Waals surface area contributed by atoms with E-state index >= 15 is 0 Å². The molecular formula is C15H26N4. The van der Waals surface area contributed by atoms with Crippen molar-refractivity contribution in [2.24, 2.45) is 5.92 Å². The molecule has 19 heavy (non-hydrogen) atoms. The van der Waals surface area contributed by atoms with Gasteiger partial charge in [0.25, 0.3) is 0 Å². The number of nitrogens with zero attached hydrogens (tertiary/aromatic N) is 3. The maximum absolute atomic E-state index is 4.12. The van der Waals surface area contributed by atoms with Gasteiger partial charge in [-0.3, -0.25) is 4.98 Å². The lowest BCUT2D eigenvalue weighted by atomic mass is 9.93. The third-order valence-corrected chi connectivity index (χ3v) is 3.90. The molecule has 1 aliphatic heterocycles. The van der Waals surface area contributed by atoms with E-state index in [1.54, 1.807) is 0 Å². The summed E-state index contributed by atoms with van der Waals surface area (Å²) in [5.41, 5.74) is 1.36. The summed E-state index contributed by atoms with van der Waals surface area (Å²) >= 11 is 0. The molecule has 2 unspecified atom stereocenters. The predicted octanol–water partition coefficient (Wildman–Crippen LogP) is 1.23. The van der Waals surface area contributed by atoms with Crippen LogP contribution < -0.4 is 5.32 Å². The van der Waals surface area contributed by atoms with Crippen LogP contribution in [0, 0.1) is 5.92 Å². The molecule has 1 aliphatic rings. The van der Waals surface area contributed by atoms with E-state index in [2.05, 4.69) is 53.3 Å². The van der Waals surface area contributed by atoms with Gasteiger partial charge < -0.3 is 15.1 Å². The van der Waals surface area contributed by atoms with Crippen LogP contribution in [0.4, 0.5) is 0 Å². The van der Waals surface area contributed by atoms with Gasteiger partial charge in [-0.05, 0) is 37.7 Å². The van der Waals surface area contributed by atoms with Gasteiger partial charge in [-0.25, -0.2) is 0 Å². The van der Waals surface area contributed by atoms with E-state index in [4.69, 9.17) is 0 Å². The Kier molecular flexibility index (Phi) is 5.31. The SMILES string of the molecule is CC(CN1CCNCC1)C(c1ccncc1)N(C)C. The molecular weight excluding hydrogens is 236 g/mol. The summed E-state index contributed by atoms with van der Waals surface area (Å²) in [7, 11) is 4.33. The number of hydrogen-bond donors (Lipinski definition) is 1. The van der Waals surface area contributed by atoms with Crippen molar-refractivity contribution < 1.29 is 0 Å². The average molecular weight is 262 g/mol. The fraction of sp³-hybridized carbons (Fsp3) is 0.667. The molecule has 4 heteroatoms. The van der Waals surface area contributed by atoms with Crippen LogP contribution in [0.2, 0.25) is 0 Å². The maximum atomic E-state index is 4.12. The summed E-state index contributed by atoms with van der Waals surface area (Å²) in [5.74, 6) is 0.607. The Morgan fingerprint density at radius 2 is 1.89 bits per heavy atom. The predicted molar refractivity (Wildman–Crippen MR) is 79.1 cm³/mol. The first-order valence-electron chi connectivity index (χ1n) is 7.18. The van der Waals surface area contributed by atoms with Crippen LogP contribution in [0.1, 0.15) is 18.5 Å². The number of pyridine rings is 1. The van der Waals surface area contributed by atoms with E-state index in [0.717, 1.165) is 19.6 Å². The summed E-state index contributed by atoms with van der Waals surface area (Å²) in [4.78, 5) is 9.01. The molecule has 0 amide bonds. The molecule has 0 spiro atoms. The summed E-state index contributed by atoms with van der Waals surface area (Å²) in [6, 6.07) is 4.73. The average Bonchev–Trinajstić information content (AvgIpc) is 2.40. The highest BCUT2D eigenvalue weighted by Gasteiger charge is 2.24. The molecule has 2 heterocycles. The molecule has 0 radical (unpaired) electrons. The first-order chi connectivity index (χ1) is 9.18. The van der Waals surface area contributed by atoms with E-state index in [1.807, 2.05) is 12.4 Å². The molecule has 1 aromatic heterocycles. The second-order valence-corrected chi connectivity index (χ2v) is 5.72. The van der Waals surface area contributed by atoms with Crippen molar-refractivity contribution in [3.63, 3.8) is 0 Å². The van der Waals surface area contributed by atoms with Crippen LogP contribution in [0.15, 0.2) is 24.5 Å². The molecule has 4 nitrogen and oxygen atoms in total. The highest BCUT2D eigenvalue weighted by Crippen LogP contribution is 2.26. The second kappa shape index (κ2) is 6.98. The third kappa shape index (κ3) is 4.00. The molecule has 1 aromatic rings. The largest absolute Gasteiger partial charge is 0.314 e. The minimum atomic E-state index is 0.456. The van der Waals surface area contributed by atoms with E-state index in [-0.39, 0.29) is 0 Å². The molecule has 1 saturated heterocycles. The lowest BCUT2D eigenvalue weighted by molar-refractivity contribution is 0.148. The van der Waals surface area contributed by atoms with Crippen molar-refractivity contribution in [3.8, 4) is 0 Å². The van der Waals surface area contributed by atoms with Gasteiger partial charge >= 0.3 is 0 Å². The zero-order chi connectivity index (χ0) is 13.7. The van der Waals surface area contributed by atoms with Gasteiger partial charge in [0.15, 0.2) is 0 Å². The van der Waals surface area contributed by atoms with Crippen molar-refractivity contribution in [1.82, 2.24) is 20.1 Å². The van der Waals surface area contributed by atoms with Gasteiger partial charge in [0.1, 0.15) is 0 Å². The summed E-state index contributed by atoms with van der Waals surface area (Å²) in [6.07, 6.45) is 3.78. The second-order valence-electron chi connectivity index (χ2n) is 5.72. The molecule has 2 rings (SSSR count). The van der Waals surface area contributed by atoms with Gasteiger partial charge in [-0.15, -0.1) is 0 Å². The van der Waals surface area contributed by atoms with Gasteiger partial charge in [0.05, 0.1) is 0 Å². The number of nitrogens with one attached hydrogen (secondary N) is 1. The first-order valence-corrected chi connectivity index (χ1v) is 7.18. The minimum Gasteiger partial charge on any atom is -0.314 e. The molecule has 106 valence electrons. The third-order valence-electron chi connectivity index (χ3n) is 3.90. The molecule has 0 aromatic carbocycles. The number of aromatic nitrogens is 1. The van der Waals surface area contributed by atoms with E-state index < -0.39 is 0 Å². The van der Waals surface area contributed by atoms with Gasteiger partial charge in [-0.2, -0.15) is 0 Å². The van der Waals surface area contributed by atoms with E-state index in [1.165, 1.54) is 18.7 Å². The number of hydrogen-bond acceptors (Lipinski definition) is 4. The highest BCUT2D eigenvalue weighted by atomic mass is 15.2. The molecule has 0 saturated carbocycles. The molecule has 2 atom stereocenters. The van der Waals surface area contributed by atoms with Gasteiger partial charge in [0.2, 0.25) is 0 Å². The summed E-state index contributed by atoms with van der Waals surface area (Å²) in [6.45, 7) is 8.09. The van der Waals surface area contributed by atoms with Crippen LogP contribution in [0.3, 0.4) is 0 Å². The fourth-order valence-electron chi connectivity index (χ4n) is 3.10. The normalized spacial score (nSPS) is 20.4. The lowest BCUT2D eigenvalue weighted by Crippen LogP contribution is -2.46. The number of rotatable bonds is 5. The van der Waals surface area contributed by atoms with E-state index in [9.17, 15) is 0 Å². The summed E-state index contributed by atoms with van der Waals surface area (Å²) in [5, 5.41) is 3.41. The Labute approximate surface area is 116 Å². The monoisotopic (exact) mass is 262 g/mol. The molecule has 0 bridgehead atoms. The number of piperazine rings is 1. The smallest absolute Gasteiger partial charge is 0.0380 e. The quantitative estimate of drug-likeness (QED) is 0.865. The topological polar surface area (TPSA) is 31.4 Å². The van der Waals surface area contributed by atoms with Crippen molar-refractivity contribution in [1.29, 1.82) is 0 Å². The molecule has 1 N–H and O–H groups in total. The Morgan fingerprint density at radius 1 is 1.26 bits per heavy atom. The van der Waals surface area contributed by atoms with Crippen LogP contribution in [0.25, 0.3) is 0 Å². The first kappa shape index (κ1) is 14.4. The lowest BCUT2D eigenvalue weighted by Gasteiger charge is -2.35. The standard InChI is InChI=1S/C15H26N4/c1-13(12-19-10-8-17-9-11-19)15(18(2)3)14-4-6-16-7-5-14/h4-7,13,15,17H,8-12H2,1-3H3. The maximum Gasteiger partial charge on any atom is 0.0380 e. The van der Waals surface area contributed by atoms with Crippen LogP contribution in [-0.4, -0.2) is 61.6 Å². The van der Waals surface area contributed by atoms with Crippen molar-refractivity contribution >= 4 is 0 Å². The van der Waals surface area contributed by atoms with E-state index in [0.29, 0.717) is 12.0 Å². The van der Waals surface area contributed by atoms with Crippen LogP contribution >= 0.6 is 0 Å². The summed E-state index contributed by atoms with van der Waals surface area (Å²) < 4.78 is 0. The van der Waals surface area contributed by atoms with Crippen molar-refractivity contribution in [2.45, 2.75) is 13.0 Å². The van der Waals surface area contributed by atoms with Gasteiger partial charge in [-0.1, -0.05) is 6.92 Å². The Hall–Kier alpha value is -0.970. The van der Waals surface area contributed by atoms with Crippen LogP contribution in [0.5, 0.6) is 0 Å². The van der Waals surface area contributed by atoms with Crippen LogP contribution in [-0.2, 0) is 0 Å². The zero-order valence-corrected chi connectivity index (χ0v) is 12.3. The Bertz CT molecular complexity index is 360.